The number of aryl methyl sites for hydroxylation is 2. The highest BCUT2D eigenvalue weighted by atomic mass is 32.2. The number of pyridine rings is 1. The van der Waals surface area contributed by atoms with Crippen molar-refractivity contribution in [2.45, 2.75) is 18.9 Å². The molecule has 7 nitrogen and oxygen atoms in total. The summed E-state index contributed by atoms with van der Waals surface area (Å²) < 4.78 is 29.4. The first-order valence-corrected chi connectivity index (χ1v) is 9.48. The number of hydrogen-bond donors (Lipinski definition) is 2. The van der Waals surface area contributed by atoms with Gasteiger partial charge in [-0.05, 0) is 43.2 Å². The van der Waals surface area contributed by atoms with Gasteiger partial charge < -0.3 is 9.38 Å². The Morgan fingerprint density at radius 3 is 2.77 bits per heavy atom. The van der Waals surface area contributed by atoms with E-state index in [0.29, 0.717) is 5.69 Å². The summed E-state index contributed by atoms with van der Waals surface area (Å²) in [5.41, 5.74) is 4.91. The smallest absolute Gasteiger partial charge is 0.278 e. The van der Waals surface area contributed by atoms with Crippen molar-refractivity contribution in [2.24, 2.45) is 0 Å². The SMILES string of the molecule is Cc1ccn2cc(-c3ccc(C)c(NS(=O)(=O)c4cnc[nH]4)c3)nc2c1. The van der Waals surface area contributed by atoms with Gasteiger partial charge in [0.15, 0.2) is 5.03 Å². The number of anilines is 1. The lowest BCUT2D eigenvalue weighted by Crippen LogP contribution is -2.14. The highest BCUT2D eigenvalue weighted by Gasteiger charge is 2.17. The Hall–Kier alpha value is -3.13. The summed E-state index contributed by atoms with van der Waals surface area (Å²) in [6, 6.07) is 9.60. The molecule has 8 heteroatoms. The van der Waals surface area contributed by atoms with Gasteiger partial charge in [-0.25, -0.2) is 9.97 Å². The van der Waals surface area contributed by atoms with Crippen LogP contribution in [0.1, 0.15) is 11.1 Å². The predicted octanol–water partition coefficient (Wildman–Crippen LogP) is 3.14. The molecule has 0 bridgehead atoms. The molecule has 0 saturated heterocycles. The van der Waals surface area contributed by atoms with Gasteiger partial charge in [-0.2, -0.15) is 8.42 Å². The molecule has 0 saturated carbocycles. The van der Waals surface area contributed by atoms with Gasteiger partial charge in [0.25, 0.3) is 10.0 Å². The molecule has 132 valence electrons. The molecule has 0 aliphatic heterocycles. The zero-order valence-corrected chi connectivity index (χ0v) is 15.1. The lowest BCUT2D eigenvalue weighted by molar-refractivity contribution is 0.598. The van der Waals surface area contributed by atoms with Gasteiger partial charge >= 0.3 is 0 Å². The first-order chi connectivity index (χ1) is 12.4. The van der Waals surface area contributed by atoms with Gasteiger partial charge in [-0.15, -0.1) is 0 Å². The second-order valence-corrected chi connectivity index (χ2v) is 7.80. The van der Waals surface area contributed by atoms with E-state index in [-0.39, 0.29) is 5.03 Å². The summed E-state index contributed by atoms with van der Waals surface area (Å²) in [5.74, 6) is 0. The molecular weight excluding hydrogens is 350 g/mol. The lowest BCUT2D eigenvalue weighted by atomic mass is 10.1. The van der Waals surface area contributed by atoms with Crippen LogP contribution < -0.4 is 4.72 Å². The third kappa shape index (κ3) is 2.95. The molecule has 0 amide bonds. The van der Waals surface area contributed by atoms with Gasteiger partial charge in [0.2, 0.25) is 0 Å². The lowest BCUT2D eigenvalue weighted by Gasteiger charge is -2.10. The molecule has 0 aliphatic carbocycles. The fourth-order valence-corrected chi connectivity index (χ4v) is 3.73. The van der Waals surface area contributed by atoms with Crippen LogP contribution in [0.5, 0.6) is 0 Å². The number of hydrogen-bond acceptors (Lipinski definition) is 4. The van der Waals surface area contributed by atoms with Crippen LogP contribution in [-0.2, 0) is 10.0 Å². The minimum absolute atomic E-state index is 0.0190. The predicted molar refractivity (Wildman–Crippen MR) is 99.5 cm³/mol. The zero-order chi connectivity index (χ0) is 18.3. The average molecular weight is 367 g/mol. The van der Waals surface area contributed by atoms with Crippen molar-refractivity contribution >= 4 is 21.4 Å². The molecule has 0 radical (unpaired) electrons. The van der Waals surface area contributed by atoms with Gasteiger partial charge in [-0.1, -0.05) is 12.1 Å². The molecule has 4 rings (SSSR count). The van der Waals surface area contributed by atoms with Crippen LogP contribution >= 0.6 is 0 Å². The van der Waals surface area contributed by atoms with E-state index in [1.54, 1.807) is 6.07 Å². The van der Waals surface area contributed by atoms with Crippen molar-refractivity contribution in [3.8, 4) is 11.3 Å². The first-order valence-electron chi connectivity index (χ1n) is 8.00. The summed E-state index contributed by atoms with van der Waals surface area (Å²) in [5, 5.41) is 0.0190. The van der Waals surface area contributed by atoms with Crippen LogP contribution in [0.4, 0.5) is 5.69 Å². The number of nitrogens with one attached hydrogen (secondary N) is 2. The van der Waals surface area contributed by atoms with Gasteiger partial charge in [0.05, 0.1) is 23.9 Å². The van der Waals surface area contributed by atoms with Crippen LogP contribution in [0, 0.1) is 13.8 Å². The number of sulfonamides is 1. The molecule has 3 heterocycles. The van der Waals surface area contributed by atoms with Gasteiger partial charge in [0.1, 0.15) is 5.65 Å². The Labute approximate surface area is 150 Å². The van der Waals surface area contributed by atoms with Crippen LogP contribution in [0.15, 0.2) is 60.3 Å². The summed E-state index contributed by atoms with van der Waals surface area (Å²) in [6.45, 7) is 3.87. The highest BCUT2D eigenvalue weighted by molar-refractivity contribution is 7.92. The van der Waals surface area contributed by atoms with Gasteiger partial charge in [0, 0.05) is 18.0 Å². The standard InChI is InChI=1S/C18H17N5O2S/c1-12-5-6-23-10-16(21-17(23)7-12)14-4-3-13(2)15(8-14)22-26(24,25)18-9-19-11-20-18/h3-11,22H,1-2H3,(H,19,20). The van der Waals surface area contributed by atoms with Crippen molar-refractivity contribution in [3.05, 3.63) is 66.4 Å². The summed E-state index contributed by atoms with van der Waals surface area (Å²) in [6.07, 6.45) is 6.48. The molecule has 0 aliphatic rings. The van der Waals surface area contributed by atoms with E-state index in [2.05, 4.69) is 19.7 Å². The van der Waals surface area contributed by atoms with Crippen LogP contribution in [-0.4, -0.2) is 27.8 Å². The van der Waals surface area contributed by atoms with Crippen LogP contribution in [0.2, 0.25) is 0 Å². The quantitative estimate of drug-likeness (QED) is 0.580. The van der Waals surface area contributed by atoms with E-state index in [1.807, 2.05) is 54.9 Å². The number of H-pyrrole nitrogens is 1. The minimum Gasteiger partial charge on any atom is -0.334 e. The number of imidazole rings is 2. The maximum atomic E-state index is 12.4. The monoisotopic (exact) mass is 367 g/mol. The fraction of sp³-hybridized carbons (Fsp3) is 0.111. The summed E-state index contributed by atoms with van der Waals surface area (Å²) in [7, 11) is -3.72. The van der Waals surface area contributed by atoms with Crippen LogP contribution in [0.25, 0.3) is 16.9 Å². The van der Waals surface area contributed by atoms with E-state index >= 15 is 0 Å². The second kappa shape index (κ2) is 5.99. The number of aromatic nitrogens is 4. The fourth-order valence-electron chi connectivity index (χ4n) is 2.70. The van der Waals surface area contributed by atoms with Crippen molar-refractivity contribution in [1.82, 2.24) is 19.4 Å². The number of fused-ring (bicyclic) bond motifs is 1. The molecule has 0 atom stereocenters. The molecule has 4 aromatic rings. The number of rotatable bonds is 4. The van der Waals surface area contributed by atoms with Gasteiger partial charge in [-0.3, -0.25) is 4.72 Å². The van der Waals surface area contributed by atoms with Crippen LogP contribution in [0.3, 0.4) is 0 Å². The first kappa shape index (κ1) is 16.3. The molecule has 2 N–H and O–H groups in total. The summed E-state index contributed by atoms with van der Waals surface area (Å²) in [4.78, 5) is 11.0. The van der Waals surface area contributed by atoms with E-state index in [9.17, 15) is 8.42 Å². The third-order valence-electron chi connectivity index (χ3n) is 4.16. The number of aromatic amines is 1. The Balaban J connectivity index is 1.74. The Kier molecular flexibility index (Phi) is 3.77. The number of nitrogens with zero attached hydrogens (tertiary/aromatic N) is 3. The normalized spacial score (nSPS) is 11.8. The average Bonchev–Trinajstić information content (AvgIpc) is 3.26. The number of benzene rings is 1. The Morgan fingerprint density at radius 1 is 1.15 bits per heavy atom. The third-order valence-corrected chi connectivity index (χ3v) is 5.45. The van der Waals surface area contributed by atoms with Crippen molar-refractivity contribution in [1.29, 1.82) is 0 Å². The van der Waals surface area contributed by atoms with E-state index < -0.39 is 10.0 Å². The minimum atomic E-state index is -3.72. The van der Waals surface area contributed by atoms with E-state index in [4.69, 9.17) is 0 Å². The molecule has 0 spiro atoms. The maximum absolute atomic E-state index is 12.4. The Morgan fingerprint density at radius 2 is 2.00 bits per heavy atom. The maximum Gasteiger partial charge on any atom is 0.278 e. The highest BCUT2D eigenvalue weighted by Crippen LogP contribution is 2.27. The molecule has 0 unspecified atom stereocenters. The van der Waals surface area contributed by atoms with Crippen molar-refractivity contribution in [3.63, 3.8) is 0 Å². The largest absolute Gasteiger partial charge is 0.334 e. The topological polar surface area (TPSA) is 92.1 Å². The van der Waals surface area contributed by atoms with E-state index in [1.165, 1.54) is 12.5 Å². The molecular formula is C18H17N5O2S. The molecule has 3 aromatic heterocycles. The molecule has 1 aromatic carbocycles. The molecule has 0 fully saturated rings. The molecule has 26 heavy (non-hydrogen) atoms. The zero-order valence-electron chi connectivity index (χ0n) is 14.3. The Bertz CT molecular complexity index is 1190. The van der Waals surface area contributed by atoms with Crippen molar-refractivity contribution < 1.29 is 8.42 Å². The second-order valence-electron chi connectivity index (χ2n) is 6.15. The summed E-state index contributed by atoms with van der Waals surface area (Å²) >= 11 is 0. The van der Waals surface area contributed by atoms with Crippen molar-refractivity contribution in [2.75, 3.05) is 4.72 Å². The van der Waals surface area contributed by atoms with E-state index in [0.717, 1.165) is 28.0 Å².